The first-order valence-corrected chi connectivity index (χ1v) is 10.0. The molecule has 3 rings (SSSR count). The number of anilines is 1. The van der Waals surface area contributed by atoms with Gasteiger partial charge in [-0.3, -0.25) is 18.7 Å². The van der Waals surface area contributed by atoms with Crippen LogP contribution < -0.4 is 16.6 Å². The van der Waals surface area contributed by atoms with Crippen molar-refractivity contribution in [3.63, 3.8) is 0 Å². The van der Waals surface area contributed by atoms with Crippen LogP contribution in [0.3, 0.4) is 0 Å². The number of esters is 1. The summed E-state index contributed by atoms with van der Waals surface area (Å²) >= 11 is 1.13. The van der Waals surface area contributed by atoms with Gasteiger partial charge in [0, 0.05) is 20.6 Å². The third kappa shape index (κ3) is 3.75. The van der Waals surface area contributed by atoms with Crippen molar-refractivity contribution in [3.8, 4) is 0 Å². The van der Waals surface area contributed by atoms with E-state index in [0.29, 0.717) is 22.9 Å². The van der Waals surface area contributed by atoms with Crippen LogP contribution in [-0.2, 0) is 30.2 Å². The Balaban J connectivity index is 1.86. The van der Waals surface area contributed by atoms with E-state index in [-0.39, 0.29) is 22.9 Å². The lowest BCUT2D eigenvalue weighted by Crippen LogP contribution is -2.37. The van der Waals surface area contributed by atoms with Crippen molar-refractivity contribution < 1.29 is 14.3 Å². The van der Waals surface area contributed by atoms with E-state index in [4.69, 9.17) is 4.74 Å². The predicted molar refractivity (Wildman–Crippen MR) is 113 cm³/mol. The Kier molecular flexibility index (Phi) is 6.11. The highest BCUT2D eigenvalue weighted by atomic mass is 32.2. The fourth-order valence-corrected chi connectivity index (χ4v) is 3.89. The molecule has 0 atom stereocenters. The molecule has 0 aliphatic heterocycles. The Labute approximate surface area is 175 Å². The highest BCUT2D eigenvalue weighted by molar-refractivity contribution is 7.99. The molecule has 0 spiro atoms. The molecule has 0 fully saturated rings. The van der Waals surface area contributed by atoms with Crippen LogP contribution in [0.1, 0.15) is 17.3 Å². The molecule has 1 N–H and O–H groups in total. The summed E-state index contributed by atoms with van der Waals surface area (Å²) in [7, 11) is 4.22. The number of carbonyl (C=O) groups is 2. The van der Waals surface area contributed by atoms with Gasteiger partial charge in [-0.25, -0.2) is 14.6 Å². The summed E-state index contributed by atoms with van der Waals surface area (Å²) in [5.41, 5.74) is 0.255. The van der Waals surface area contributed by atoms with Crippen LogP contribution in [0.25, 0.3) is 11.2 Å². The number of thioether (sulfide) groups is 1. The first kappa shape index (κ1) is 21.4. The summed E-state index contributed by atoms with van der Waals surface area (Å²) in [4.78, 5) is 53.4. The molecule has 10 nitrogen and oxygen atoms in total. The lowest BCUT2D eigenvalue weighted by molar-refractivity contribution is -0.113. The van der Waals surface area contributed by atoms with Crippen LogP contribution in [-0.4, -0.2) is 43.4 Å². The van der Waals surface area contributed by atoms with E-state index in [1.165, 1.54) is 18.7 Å². The molecule has 2 aromatic heterocycles. The average Bonchev–Trinajstić information content (AvgIpc) is 3.13. The van der Waals surface area contributed by atoms with E-state index in [9.17, 15) is 19.2 Å². The Morgan fingerprint density at radius 3 is 2.53 bits per heavy atom. The maximum Gasteiger partial charge on any atom is 0.339 e. The summed E-state index contributed by atoms with van der Waals surface area (Å²) in [6, 6.07) is 6.53. The van der Waals surface area contributed by atoms with E-state index < -0.39 is 17.2 Å². The fourth-order valence-electron chi connectivity index (χ4n) is 3.03. The minimum absolute atomic E-state index is 0.00685. The summed E-state index contributed by atoms with van der Waals surface area (Å²) in [6.45, 7) is 2.29. The highest BCUT2D eigenvalue weighted by Gasteiger charge is 2.20. The number of hydrogen-bond acceptors (Lipinski definition) is 7. The summed E-state index contributed by atoms with van der Waals surface area (Å²) in [6.07, 6.45) is 0. The third-order valence-corrected chi connectivity index (χ3v) is 5.54. The minimum atomic E-state index is -0.553. The monoisotopic (exact) mass is 431 g/mol. The van der Waals surface area contributed by atoms with E-state index in [1.54, 1.807) is 35.9 Å². The van der Waals surface area contributed by atoms with Gasteiger partial charge >= 0.3 is 11.7 Å². The summed E-state index contributed by atoms with van der Waals surface area (Å²) in [5, 5.41) is 3.14. The van der Waals surface area contributed by atoms with Crippen molar-refractivity contribution in [1.82, 2.24) is 18.7 Å². The number of nitrogens with zero attached hydrogens (tertiary/aromatic N) is 4. The molecule has 0 saturated heterocycles. The molecule has 0 saturated carbocycles. The second kappa shape index (κ2) is 8.57. The number of hydrogen-bond donors (Lipinski definition) is 1. The number of methoxy groups -OCH3 is 1. The summed E-state index contributed by atoms with van der Waals surface area (Å²) < 4.78 is 8.74. The zero-order chi connectivity index (χ0) is 22.0. The van der Waals surface area contributed by atoms with Crippen LogP contribution in [0.2, 0.25) is 0 Å². The minimum Gasteiger partial charge on any atom is -0.465 e. The van der Waals surface area contributed by atoms with Crippen molar-refractivity contribution in [3.05, 3.63) is 50.7 Å². The van der Waals surface area contributed by atoms with Gasteiger partial charge in [-0.15, -0.1) is 0 Å². The maximum atomic E-state index is 12.6. The molecule has 0 bridgehead atoms. The third-order valence-electron chi connectivity index (χ3n) is 4.57. The molecule has 158 valence electrons. The topological polar surface area (TPSA) is 117 Å². The number of amides is 1. The number of para-hydroxylation sites is 1. The number of ether oxygens (including phenoxy) is 1. The van der Waals surface area contributed by atoms with E-state index >= 15 is 0 Å². The van der Waals surface area contributed by atoms with Gasteiger partial charge in [0.2, 0.25) is 5.91 Å². The number of fused-ring (bicyclic) bond motifs is 1. The first-order chi connectivity index (χ1) is 14.3. The van der Waals surface area contributed by atoms with Crippen molar-refractivity contribution in [2.45, 2.75) is 18.6 Å². The Morgan fingerprint density at radius 2 is 1.87 bits per heavy atom. The van der Waals surface area contributed by atoms with Gasteiger partial charge in [-0.05, 0) is 19.1 Å². The molecule has 3 aromatic rings. The molecule has 0 aliphatic carbocycles. The van der Waals surface area contributed by atoms with Crippen molar-refractivity contribution in [1.29, 1.82) is 0 Å². The second-order valence-corrected chi connectivity index (χ2v) is 7.33. The Bertz CT molecular complexity index is 1260. The molecular weight excluding hydrogens is 410 g/mol. The molecular formula is C19H21N5O5S. The molecule has 2 heterocycles. The fraction of sp³-hybridized carbons (Fsp3) is 0.316. The van der Waals surface area contributed by atoms with Crippen LogP contribution in [0, 0.1) is 0 Å². The number of imidazole rings is 1. The van der Waals surface area contributed by atoms with Crippen LogP contribution in [0.5, 0.6) is 0 Å². The van der Waals surface area contributed by atoms with Gasteiger partial charge in [0.1, 0.15) is 0 Å². The van der Waals surface area contributed by atoms with Crippen LogP contribution >= 0.6 is 11.8 Å². The number of benzene rings is 1. The van der Waals surface area contributed by atoms with E-state index in [2.05, 4.69) is 10.3 Å². The normalized spacial score (nSPS) is 10.9. The van der Waals surface area contributed by atoms with Crippen molar-refractivity contribution >= 4 is 40.5 Å². The van der Waals surface area contributed by atoms with E-state index in [1.807, 2.05) is 6.92 Å². The van der Waals surface area contributed by atoms with Crippen molar-refractivity contribution in [2.75, 3.05) is 18.2 Å². The number of carbonyl (C=O) groups excluding carboxylic acids is 2. The lowest BCUT2D eigenvalue weighted by atomic mass is 10.2. The number of rotatable bonds is 6. The highest BCUT2D eigenvalue weighted by Crippen LogP contribution is 2.22. The molecule has 1 aromatic carbocycles. The molecule has 0 unspecified atom stereocenters. The van der Waals surface area contributed by atoms with Gasteiger partial charge in [-0.1, -0.05) is 23.9 Å². The molecule has 11 heteroatoms. The molecule has 0 aliphatic rings. The maximum absolute atomic E-state index is 12.6. The van der Waals surface area contributed by atoms with E-state index in [0.717, 1.165) is 16.3 Å². The number of aromatic nitrogens is 4. The predicted octanol–water partition coefficient (Wildman–Crippen LogP) is 0.971. The van der Waals surface area contributed by atoms with Gasteiger partial charge < -0.3 is 14.6 Å². The summed E-state index contributed by atoms with van der Waals surface area (Å²) in [5.74, 6) is -0.913. The zero-order valence-corrected chi connectivity index (χ0v) is 17.8. The lowest BCUT2D eigenvalue weighted by Gasteiger charge is -2.09. The van der Waals surface area contributed by atoms with Crippen LogP contribution in [0.4, 0.5) is 5.69 Å². The van der Waals surface area contributed by atoms with Gasteiger partial charge in [0.05, 0.1) is 24.1 Å². The number of nitrogens with one attached hydrogen (secondary N) is 1. The van der Waals surface area contributed by atoms with Crippen LogP contribution in [0.15, 0.2) is 39.0 Å². The quantitative estimate of drug-likeness (QED) is 0.456. The molecule has 30 heavy (non-hydrogen) atoms. The average molecular weight is 431 g/mol. The Morgan fingerprint density at radius 1 is 1.17 bits per heavy atom. The standard InChI is InChI=1S/C19H21N5O5S/c1-5-24-14-15(22(2)19(28)23(3)16(14)26)21-18(24)30-10-13(25)20-12-9-7-6-8-11(12)17(27)29-4/h6-9H,5,10H2,1-4H3,(H,20,25). The SMILES string of the molecule is CCn1c(SCC(=O)Nc2ccccc2C(=O)OC)nc2c1c(=O)n(C)c(=O)n2C. The first-order valence-electron chi connectivity index (χ1n) is 9.06. The molecule has 0 radical (unpaired) electrons. The van der Waals surface area contributed by atoms with Gasteiger partial charge in [-0.2, -0.15) is 0 Å². The second-order valence-electron chi connectivity index (χ2n) is 6.39. The zero-order valence-electron chi connectivity index (χ0n) is 17.0. The smallest absolute Gasteiger partial charge is 0.339 e. The number of aryl methyl sites for hydroxylation is 2. The van der Waals surface area contributed by atoms with Gasteiger partial charge in [0.15, 0.2) is 16.3 Å². The Hall–Kier alpha value is -3.34. The van der Waals surface area contributed by atoms with Gasteiger partial charge in [0.25, 0.3) is 5.56 Å². The van der Waals surface area contributed by atoms with Crippen molar-refractivity contribution in [2.24, 2.45) is 14.1 Å². The molecule has 1 amide bonds. The largest absolute Gasteiger partial charge is 0.465 e.